The first-order chi connectivity index (χ1) is 25.3. The Kier molecular flexibility index (Phi) is 11.7. The Balaban J connectivity index is 0.000000222. The highest BCUT2D eigenvalue weighted by atomic mass is 32.2. The van der Waals surface area contributed by atoms with Gasteiger partial charge in [-0.15, -0.1) is 4.40 Å². The van der Waals surface area contributed by atoms with Crippen molar-refractivity contribution >= 4 is 39.5 Å². The molecule has 53 heavy (non-hydrogen) atoms. The Hall–Kier alpha value is -6.70. The number of urea groups is 2. The predicted molar refractivity (Wildman–Crippen MR) is 190 cm³/mol. The largest absolute Gasteiger partial charge is 0.339 e. The fraction of sp³-hybridized carbons (Fsp3) is 0.242. The molecule has 5 heterocycles. The minimum absolute atomic E-state index is 0.00207. The van der Waals surface area contributed by atoms with E-state index in [0.29, 0.717) is 47.7 Å². The number of amides is 5. The summed E-state index contributed by atoms with van der Waals surface area (Å²) in [6.45, 7) is 9.32. The predicted octanol–water partition coefficient (Wildman–Crippen LogP) is 3.12. The molecule has 0 bridgehead atoms. The average molecular weight is 745 g/mol. The minimum atomic E-state index is -4.08. The van der Waals surface area contributed by atoms with E-state index in [1.165, 1.54) is 29.0 Å². The first kappa shape index (κ1) is 37.6. The number of rotatable bonds is 9. The second-order valence-electron chi connectivity index (χ2n) is 11.3. The van der Waals surface area contributed by atoms with Crippen LogP contribution in [0.5, 0.6) is 0 Å². The first-order valence-corrected chi connectivity index (χ1v) is 17.6. The normalized spacial score (nSPS) is 11.5. The number of nitrogens with zero attached hydrogens (tertiary/aromatic N) is 8. The zero-order valence-electron chi connectivity index (χ0n) is 29.3. The number of fused-ring (bicyclic) bond motifs is 1. The number of imidazole rings is 1. The second-order valence-corrected chi connectivity index (χ2v) is 12.9. The van der Waals surface area contributed by atoms with Gasteiger partial charge in [0.05, 0.1) is 11.1 Å². The number of carbonyl (C=O) groups excluding carboxylic acids is 3. The fourth-order valence-corrected chi connectivity index (χ4v) is 5.60. The summed E-state index contributed by atoms with van der Waals surface area (Å²) in [7, 11) is -4.08. The maximum Gasteiger partial charge on any atom is 0.321 e. The molecule has 6 rings (SSSR count). The zero-order chi connectivity index (χ0) is 38.1. The molecular weight excluding hydrogens is 709 g/mol. The third-order valence-corrected chi connectivity index (χ3v) is 8.36. The van der Waals surface area contributed by atoms with Crippen molar-refractivity contribution in [2.24, 2.45) is 4.40 Å². The third-order valence-electron chi connectivity index (χ3n) is 7.06. The number of sulfonamides is 1. The summed E-state index contributed by atoms with van der Waals surface area (Å²) in [4.78, 5) is 48.0. The topological polar surface area (TPSA) is 246 Å². The Bertz CT molecular complexity index is 2430. The summed E-state index contributed by atoms with van der Waals surface area (Å²) in [6.07, 6.45) is 5.02. The van der Waals surface area contributed by atoms with Gasteiger partial charge in [0.2, 0.25) is 29.3 Å². The molecular formula is C33H36N12O7S. The molecule has 5 amide bonds. The lowest BCUT2D eigenvalue weighted by Gasteiger charge is -2.09. The summed E-state index contributed by atoms with van der Waals surface area (Å²) in [6, 6.07) is 12.0. The Morgan fingerprint density at radius 3 is 2.00 bits per heavy atom. The number of carbonyl (C=O) groups is 3. The van der Waals surface area contributed by atoms with Crippen LogP contribution in [0.25, 0.3) is 28.4 Å². The van der Waals surface area contributed by atoms with E-state index in [4.69, 9.17) is 9.05 Å². The van der Waals surface area contributed by atoms with Gasteiger partial charge in [-0.3, -0.25) is 15.4 Å². The fourth-order valence-electron chi connectivity index (χ4n) is 4.62. The summed E-state index contributed by atoms with van der Waals surface area (Å²) < 4.78 is 42.7. The molecule has 20 heteroatoms. The zero-order valence-corrected chi connectivity index (χ0v) is 30.1. The van der Waals surface area contributed by atoms with Crippen molar-refractivity contribution in [3.8, 4) is 22.8 Å². The van der Waals surface area contributed by atoms with Gasteiger partial charge in [0.1, 0.15) is 17.7 Å². The van der Waals surface area contributed by atoms with Gasteiger partial charge in [-0.2, -0.15) is 18.4 Å². The van der Waals surface area contributed by atoms with Gasteiger partial charge in [0, 0.05) is 50.5 Å². The van der Waals surface area contributed by atoms with Crippen molar-refractivity contribution in [2.75, 3.05) is 18.4 Å². The molecule has 0 saturated heterocycles. The molecule has 0 radical (unpaired) electrons. The van der Waals surface area contributed by atoms with Crippen LogP contribution in [0.2, 0.25) is 0 Å². The van der Waals surface area contributed by atoms with Gasteiger partial charge in [-0.25, -0.2) is 14.6 Å². The second kappa shape index (κ2) is 16.5. The van der Waals surface area contributed by atoms with E-state index >= 15 is 0 Å². The molecule has 0 spiro atoms. The first-order valence-electron chi connectivity index (χ1n) is 16.1. The van der Waals surface area contributed by atoms with Crippen LogP contribution in [0.1, 0.15) is 31.2 Å². The monoisotopic (exact) mass is 744 g/mol. The molecule has 19 nitrogen and oxygen atoms in total. The number of imide groups is 1. The Morgan fingerprint density at radius 1 is 0.792 bits per heavy atom. The van der Waals surface area contributed by atoms with E-state index in [9.17, 15) is 22.8 Å². The molecule has 0 unspecified atom stereocenters. The van der Waals surface area contributed by atoms with Gasteiger partial charge in [0.25, 0.3) is 10.0 Å². The third kappa shape index (κ3) is 9.97. The molecule has 276 valence electrons. The van der Waals surface area contributed by atoms with Crippen LogP contribution >= 0.6 is 0 Å². The van der Waals surface area contributed by atoms with E-state index in [2.05, 4.69) is 50.9 Å². The van der Waals surface area contributed by atoms with E-state index in [1.54, 1.807) is 49.6 Å². The number of pyridine rings is 2. The average Bonchev–Trinajstić information content (AvgIpc) is 3.85. The standard InChI is InChI=1S/C20H22N6O5S.C13H14N6O2/c1-4-21-20(28)23-18(27)12-26-10-9-15(19-22-14(3)31-24-19)11-17(26)25-32(29,30)16-7-5-13(2)6-8-16;1-3-14-13(20)17-10-7-19-5-4-9(6-11(19)16-10)12-15-8(2)21-18-12/h5-11H,4,12H2,1-3H3,(H2,21,23,27,28);4-7H,3H2,1-2H3,(H2,14,17,20). The molecule has 0 aliphatic carbocycles. The van der Waals surface area contributed by atoms with E-state index in [1.807, 2.05) is 32.2 Å². The van der Waals surface area contributed by atoms with Crippen LogP contribution in [-0.2, 0) is 21.4 Å². The van der Waals surface area contributed by atoms with Crippen LogP contribution in [0.3, 0.4) is 0 Å². The lowest BCUT2D eigenvalue weighted by molar-refractivity contribution is -0.120. The molecule has 0 atom stereocenters. The van der Waals surface area contributed by atoms with Gasteiger partial charge >= 0.3 is 12.1 Å². The van der Waals surface area contributed by atoms with Crippen molar-refractivity contribution in [1.82, 2.24) is 50.2 Å². The Labute approximate surface area is 302 Å². The summed E-state index contributed by atoms with van der Waals surface area (Å²) >= 11 is 0. The number of hydrogen-bond donors (Lipinski definition) is 4. The van der Waals surface area contributed by atoms with Crippen molar-refractivity contribution in [2.45, 2.75) is 46.1 Å². The molecule has 0 saturated carbocycles. The van der Waals surface area contributed by atoms with Crippen molar-refractivity contribution in [3.63, 3.8) is 0 Å². The smallest absolute Gasteiger partial charge is 0.321 e. The number of nitrogens with one attached hydrogen (secondary N) is 4. The number of aromatic nitrogens is 7. The minimum Gasteiger partial charge on any atom is -0.339 e. The van der Waals surface area contributed by atoms with E-state index in [0.717, 1.165) is 11.1 Å². The SMILES string of the molecule is CCNC(=O)NC(=O)Cn1ccc(-c2noc(C)n2)cc1=NS(=O)(=O)c1ccc(C)cc1.CCNC(=O)Nc1cn2ccc(-c3noc(C)n3)cc2n1. The summed E-state index contributed by atoms with van der Waals surface area (Å²) in [5.74, 6) is 1.42. The maximum absolute atomic E-state index is 12.9. The van der Waals surface area contributed by atoms with Crippen LogP contribution in [0.4, 0.5) is 15.4 Å². The molecule has 4 N–H and O–H groups in total. The van der Waals surface area contributed by atoms with Gasteiger partial charge in [-0.05, 0) is 57.2 Å². The molecule has 1 aromatic carbocycles. The lowest BCUT2D eigenvalue weighted by Crippen LogP contribution is -2.42. The highest BCUT2D eigenvalue weighted by molar-refractivity contribution is 7.90. The van der Waals surface area contributed by atoms with Gasteiger partial charge < -0.3 is 28.6 Å². The molecule has 0 fully saturated rings. The quantitative estimate of drug-likeness (QED) is 0.167. The molecule has 0 aliphatic rings. The number of hydrogen-bond acceptors (Lipinski definition) is 12. The van der Waals surface area contributed by atoms with Crippen molar-refractivity contribution in [1.29, 1.82) is 0 Å². The van der Waals surface area contributed by atoms with Gasteiger partial charge in [0.15, 0.2) is 5.82 Å². The number of benzene rings is 1. The highest BCUT2D eigenvalue weighted by Gasteiger charge is 2.16. The van der Waals surface area contributed by atoms with Crippen LogP contribution in [0, 0.1) is 20.8 Å². The number of anilines is 1. The highest BCUT2D eigenvalue weighted by Crippen LogP contribution is 2.19. The Morgan fingerprint density at radius 2 is 1.40 bits per heavy atom. The van der Waals surface area contributed by atoms with Crippen molar-refractivity contribution in [3.05, 3.63) is 90.0 Å². The van der Waals surface area contributed by atoms with E-state index < -0.39 is 22.0 Å². The summed E-state index contributed by atoms with van der Waals surface area (Å²) in [5, 5.41) is 17.6. The van der Waals surface area contributed by atoms with Crippen LogP contribution in [-0.4, -0.2) is 73.7 Å². The molecule has 5 aromatic heterocycles. The summed E-state index contributed by atoms with van der Waals surface area (Å²) in [5.41, 5.74) is 2.78. The van der Waals surface area contributed by atoms with Crippen LogP contribution in [0.15, 0.2) is 85.5 Å². The molecule has 0 aliphatic heterocycles. The maximum atomic E-state index is 12.9. The number of aryl methyl sites for hydroxylation is 3. The van der Waals surface area contributed by atoms with Crippen LogP contribution < -0.4 is 26.8 Å². The van der Waals surface area contributed by atoms with E-state index in [-0.39, 0.29) is 28.8 Å². The molecule has 6 aromatic rings. The van der Waals surface area contributed by atoms with Gasteiger partial charge in [-0.1, -0.05) is 28.0 Å². The van der Waals surface area contributed by atoms with Crippen molar-refractivity contribution < 1.29 is 31.8 Å². The lowest BCUT2D eigenvalue weighted by atomic mass is 10.2.